The molecule has 21 heavy (non-hydrogen) atoms. The fourth-order valence-electron chi connectivity index (χ4n) is 1.85. The number of esters is 1. The Balaban J connectivity index is 2.01. The molecule has 2 rings (SSSR count). The van der Waals surface area contributed by atoms with Gasteiger partial charge in [-0.3, -0.25) is 4.98 Å². The van der Waals surface area contributed by atoms with Crippen LogP contribution in [0.15, 0.2) is 36.5 Å². The molecule has 1 heterocycles. The van der Waals surface area contributed by atoms with Crippen LogP contribution < -0.4 is 10.5 Å². The zero-order valence-corrected chi connectivity index (χ0v) is 12.1. The van der Waals surface area contributed by atoms with Crippen LogP contribution in [0.2, 0.25) is 0 Å². The topological polar surface area (TPSA) is 74.4 Å². The van der Waals surface area contributed by atoms with Crippen LogP contribution in [0.4, 0.5) is 5.69 Å². The molecule has 0 amide bonds. The predicted octanol–water partition coefficient (Wildman–Crippen LogP) is 2.59. The highest BCUT2D eigenvalue weighted by Crippen LogP contribution is 2.23. The third kappa shape index (κ3) is 3.72. The van der Waals surface area contributed by atoms with E-state index in [1.165, 1.54) is 18.9 Å². The van der Waals surface area contributed by atoms with E-state index in [1.807, 2.05) is 18.2 Å². The SMILES string of the molecule is CCc1ccc(OCc2ccc(C(=O)OC)cn2)c(N)c1. The molecule has 0 unspecified atom stereocenters. The maximum Gasteiger partial charge on any atom is 0.339 e. The number of nitrogens with two attached hydrogens (primary N) is 1. The second-order valence-electron chi connectivity index (χ2n) is 4.54. The maximum atomic E-state index is 11.3. The summed E-state index contributed by atoms with van der Waals surface area (Å²) >= 11 is 0. The lowest BCUT2D eigenvalue weighted by Crippen LogP contribution is -2.04. The smallest absolute Gasteiger partial charge is 0.339 e. The second kappa shape index (κ2) is 6.74. The van der Waals surface area contributed by atoms with Crippen LogP contribution >= 0.6 is 0 Å². The Morgan fingerprint density at radius 3 is 2.67 bits per heavy atom. The first-order chi connectivity index (χ1) is 10.1. The van der Waals surface area contributed by atoms with Crippen molar-refractivity contribution in [3.8, 4) is 5.75 Å². The van der Waals surface area contributed by atoms with Crippen molar-refractivity contribution in [1.82, 2.24) is 4.98 Å². The van der Waals surface area contributed by atoms with Crippen molar-refractivity contribution in [2.24, 2.45) is 0 Å². The van der Waals surface area contributed by atoms with Gasteiger partial charge in [0.1, 0.15) is 12.4 Å². The Morgan fingerprint density at radius 2 is 2.10 bits per heavy atom. The largest absolute Gasteiger partial charge is 0.485 e. The summed E-state index contributed by atoms with van der Waals surface area (Å²) in [5.41, 5.74) is 8.84. The van der Waals surface area contributed by atoms with E-state index < -0.39 is 5.97 Å². The Kier molecular flexibility index (Phi) is 4.77. The third-order valence-corrected chi connectivity index (χ3v) is 3.10. The van der Waals surface area contributed by atoms with Crippen molar-refractivity contribution in [1.29, 1.82) is 0 Å². The predicted molar refractivity (Wildman–Crippen MR) is 80.1 cm³/mol. The van der Waals surface area contributed by atoms with Crippen LogP contribution in [0.1, 0.15) is 28.5 Å². The Bertz CT molecular complexity index is 624. The van der Waals surface area contributed by atoms with Gasteiger partial charge in [-0.15, -0.1) is 0 Å². The highest BCUT2D eigenvalue weighted by molar-refractivity contribution is 5.88. The van der Waals surface area contributed by atoms with Crippen molar-refractivity contribution in [2.45, 2.75) is 20.0 Å². The zero-order valence-electron chi connectivity index (χ0n) is 12.1. The molecule has 0 aliphatic rings. The molecule has 1 aromatic heterocycles. The molecule has 0 aliphatic heterocycles. The molecule has 0 saturated heterocycles. The van der Waals surface area contributed by atoms with Crippen molar-refractivity contribution in [3.63, 3.8) is 0 Å². The van der Waals surface area contributed by atoms with Crippen LogP contribution in [0.3, 0.4) is 0 Å². The minimum atomic E-state index is -0.408. The van der Waals surface area contributed by atoms with Gasteiger partial charge < -0.3 is 15.2 Å². The zero-order chi connectivity index (χ0) is 15.2. The van der Waals surface area contributed by atoms with E-state index in [4.69, 9.17) is 10.5 Å². The molecule has 0 saturated carbocycles. The van der Waals surface area contributed by atoms with Gasteiger partial charge in [0.15, 0.2) is 0 Å². The molecule has 0 bridgehead atoms. The summed E-state index contributed by atoms with van der Waals surface area (Å²) in [6.07, 6.45) is 2.40. The van der Waals surface area contributed by atoms with Crippen molar-refractivity contribution in [2.75, 3.05) is 12.8 Å². The van der Waals surface area contributed by atoms with Crippen LogP contribution in [-0.4, -0.2) is 18.1 Å². The van der Waals surface area contributed by atoms with Crippen molar-refractivity contribution >= 4 is 11.7 Å². The molecule has 0 aliphatic carbocycles. The van der Waals surface area contributed by atoms with Gasteiger partial charge in [-0.05, 0) is 36.2 Å². The van der Waals surface area contributed by atoms with Gasteiger partial charge >= 0.3 is 5.97 Å². The van der Waals surface area contributed by atoms with E-state index in [2.05, 4.69) is 16.6 Å². The standard InChI is InChI=1S/C16H18N2O3/c1-3-11-4-7-15(14(17)8-11)21-10-13-6-5-12(9-18-13)16(19)20-2/h4-9H,3,10,17H2,1-2H3. The van der Waals surface area contributed by atoms with E-state index in [1.54, 1.807) is 12.1 Å². The fourth-order valence-corrected chi connectivity index (χ4v) is 1.85. The Hall–Kier alpha value is -2.56. The molecule has 0 atom stereocenters. The molecule has 2 aromatic rings. The summed E-state index contributed by atoms with van der Waals surface area (Å²) in [4.78, 5) is 15.5. The third-order valence-electron chi connectivity index (χ3n) is 3.10. The quantitative estimate of drug-likeness (QED) is 0.675. The molecule has 5 heteroatoms. The molecule has 0 spiro atoms. The first-order valence-electron chi connectivity index (χ1n) is 6.68. The summed E-state index contributed by atoms with van der Waals surface area (Å²) in [7, 11) is 1.34. The average molecular weight is 286 g/mol. The molecule has 0 radical (unpaired) electrons. The van der Waals surface area contributed by atoms with Crippen LogP contribution in [0.25, 0.3) is 0 Å². The molecule has 110 valence electrons. The van der Waals surface area contributed by atoms with Gasteiger partial charge in [0.05, 0.1) is 24.1 Å². The number of carbonyl (C=O) groups is 1. The second-order valence-corrected chi connectivity index (χ2v) is 4.54. The summed E-state index contributed by atoms with van der Waals surface area (Å²) < 4.78 is 10.3. The van der Waals surface area contributed by atoms with E-state index in [0.29, 0.717) is 22.7 Å². The van der Waals surface area contributed by atoms with E-state index in [0.717, 1.165) is 6.42 Å². The summed E-state index contributed by atoms with van der Waals surface area (Å²) in [6, 6.07) is 9.13. The van der Waals surface area contributed by atoms with Crippen LogP contribution in [-0.2, 0) is 17.8 Å². The number of rotatable bonds is 5. The Labute approximate surface area is 123 Å². The van der Waals surface area contributed by atoms with E-state index in [-0.39, 0.29) is 6.61 Å². The number of nitrogens with zero attached hydrogens (tertiary/aromatic N) is 1. The van der Waals surface area contributed by atoms with Crippen molar-refractivity contribution in [3.05, 3.63) is 53.3 Å². The van der Waals surface area contributed by atoms with E-state index in [9.17, 15) is 4.79 Å². The van der Waals surface area contributed by atoms with Gasteiger partial charge in [0.2, 0.25) is 0 Å². The fraction of sp³-hybridized carbons (Fsp3) is 0.250. The molecule has 0 fully saturated rings. The van der Waals surface area contributed by atoms with Crippen LogP contribution in [0.5, 0.6) is 5.75 Å². The molecule has 1 aromatic carbocycles. The average Bonchev–Trinajstić information content (AvgIpc) is 2.53. The highest BCUT2D eigenvalue weighted by atomic mass is 16.5. The van der Waals surface area contributed by atoms with Crippen LogP contribution in [0, 0.1) is 0 Å². The number of hydrogen-bond donors (Lipinski definition) is 1. The lowest BCUT2D eigenvalue weighted by Gasteiger charge is -2.10. The van der Waals surface area contributed by atoms with Gasteiger partial charge in [0, 0.05) is 6.20 Å². The van der Waals surface area contributed by atoms with Gasteiger partial charge in [-0.2, -0.15) is 0 Å². The number of hydrogen-bond acceptors (Lipinski definition) is 5. The maximum absolute atomic E-state index is 11.3. The van der Waals surface area contributed by atoms with Gasteiger partial charge in [0.25, 0.3) is 0 Å². The summed E-state index contributed by atoms with van der Waals surface area (Å²) in [5.74, 6) is 0.223. The normalized spacial score (nSPS) is 10.2. The lowest BCUT2D eigenvalue weighted by atomic mass is 10.1. The molecular weight excluding hydrogens is 268 g/mol. The monoisotopic (exact) mass is 286 g/mol. The first-order valence-corrected chi connectivity index (χ1v) is 6.68. The number of nitrogen functional groups attached to an aromatic ring is 1. The number of aromatic nitrogens is 1. The number of pyridine rings is 1. The number of ether oxygens (including phenoxy) is 2. The number of benzene rings is 1. The number of anilines is 1. The molecule has 2 N–H and O–H groups in total. The first kappa shape index (κ1) is 14.8. The molecule has 5 nitrogen and oxygen atoms in total. The molecular formula is C16H18N2O3. The van der Waals surface area contributed by atoms with Gasteiger partial charge in [-0.1, -0.05) is 13.0 Å². The van der Waals surface area contributed by atoms with Crippen molar-refractivity contribution < 1.29 is 14.3 Å². The lowest BCUT2D eigenvalue weighted by molar-refractivity contribution is 0.0600. The van der Waals surface area contributed by atoms with Gasteiger partial charge in [-0.25, -0.2) is 4.79 Å². The highest BCUT2D eigenvalue weighted by Gasteiger charge is 2.06. The summed E-state index contributed by atoms with van der Waals surface area (Å²) in [6.45, 7) is 2.36. The number of aryl methyl sites for hydroxylation is 1. The summed E-state index contributed by atoms with van der Waals surface area (Å²) in [5, 5.41) is 0. The minimum Gasteiger partial charge on any atom is -0.485 e. The number of carbonyl (C=O) groups excluding carboxylic acids is 1. The number of methoxy groups -OCH3 is 1. The van der Waals surface area contributed by atoms with E-state index >= 15 is 0 Å². The minimum absolute atomic E-state index is 0.289. The Morgan fingerprint density at radius 1 is 1.29 bits per heavy atom.